The number of nitrogens with zero attached hydrogens (tertiary/aromatic N) is 3. The fraction of sp³-hybridized carbons (Fsp3) is 0.0909. The van der Waals surface area contributed by atoms with Crippen molar-refractivity contribution in [1.82, 2.24) is 9.97 Å². The highest BCUT2D eigenvalue weighted by molar-refractivity contribution is 7.12. The Kier molecular flexibility index (Phi) is 3.21. The van der Waals surface area contributed by atoms with Gasteiger partial charge < -0.3 is 9.84 Å². The first-order valence-corrected chi connectivity index (χ1v) is 5.72. The van der Waals surface area contributed by atoms with E-state index in [-0.39, 0.29) is 16.6 Å². The van der Waals surface area contributed by atoms with Gasteiger partial charge in [-0.15, -0.1) is 11.3 Å². The number of carboxylic acids is 1. The molecule has 7 heteroatoms. The van der Waals surface area contributed by atoms with E-state index in [1.54, 1.807) is 12.3 Å². The van der Waals surface area contributed by atoms with Gasteiger partial charge in [0.1, 0.15) is 22.4 Å². The van der Waals surface area contributed by atoms with Crippen LogP contribution in [0.2, 0.25) is 0 Å². The van der Waals surface area contributed by atoms with Gasteiger partial charge in [-0.05, 0) is 13.0 Å². The molecular weight excluding hydrogens is 254 g/mol. The van der Waals surface area contributed by atoms with Crippen LogP contribution in [0.4, 0.5) is 0 Å². The van der Waals surface area contributed by atoms with E-state index in [0.717, 1.165) is 11.3 Å². The van der Waals surface area contributed by atoms with Gasteiger partial charge in [-0.2, -0.15) is 10.2 Å². The lowest BCUT2D eigenvalue weighted by Crippen LogP contribution is -1.96. The van der Waals surface area contributed by atoms with Crippen molar-refractivity contribution in [2.45, 2.75) is 6.92 Å². The van der Waals surface area contributed by atoms with Gasteiger partial charge in [-0.1, -0.05) is 0 Å². The first kappa shape index (κ1) is 12.0. The summed E-state index contributed by atoms with van der Waals surface area (Å²) in [5.41, 5.74) is 0.802. The van der Waals surface area contributed by atoms with Gasteiger partial charge in [0.25, 0.3) is 0 Å². The summed E-state index contributed by atoms with van der Waals surface area (Å²) in [6, 6.07) is 4.83. The zero-order valence-electron chi connectivity index (χ0n) is 9.25. The van der Waals surface area contributed by atoms with Crippen LogP contribution in [-0.4, -0.2) is 21.0 Å². The van der Waals surface area contributed by atoms with Crippen LogP contribution in [0.15, 0.2) is 17.5 Å². The maximum absolute atomic E-state index is 10.7. The molecule has 0 aliphatic carbocycles. The zero-order valence-corrected chi connectivity index (χ0v) is 10.1. The number of aromatic nitrogens is 2. The summed E-state index contributed by atoms with van der Waals surface area (Å²) in [4.78, 5) is 18.7. The number of carboxylic acid groups (broad SMARTS) is 1. The van der Waals surface area contributed by atoms with Crippen molar-refractivity contribution < 1.29 is 14.6 Å². The van der Waals surface area contributed by atoms with Crippen molar-refractivity contribution in [3.63, 3.8) is 0 Å². The number of carbonyl (C=O) groups is 1. The van der Waals surface area contributed by atoms with E-state index >= 15 is 0 Å². The van der Waals surface area contributed by atoms with Gasteiger partial charge in [-0.3, -0.25) is 0 Å². The molecule has 0 aromatic carbocycles. The van der Waals surface area contributed by atoms with Gasteiger partial charge >= 0.3 is 12.0 Å². The Hall–Kier alpha value is -2.46. The Morgan fingerprint density at radius 1 is 1.50 bits per heavy atom. The van der Waals surface area contributed by atoms with Crippen LogP contribution in [0.5, 0.6) is 11.8 Å². The molecule has 0 radical (unpaired) electrons. The molecule has 0 spiro atoms. The maximum atomic E-state index is 10.7. The lowest BCUT2D eigenvalue weighted by molar-refractivity contribution is 0.0702. The fourth-order valence-electron chi connectivity index (χ4n) is 1.23. The molecule has 0 aliphatic heterocycles. The molecular formula is C11H7N3O3S. The summed E-state index contributed by atoms with van der Waals surface area (Å²) >= 11 is 1.05. The molecule has 0 amide bonds. The molecule has 90 valence electrons. The Balaban J connectivity index is 2.25. The van der Waals surface area contributed by atoms with E-state index in [0.29, 0.717) is 11.4 Å². The highest BCUT2D eigenvalue weighted by Crippen LogP contribution is 2.25. The van der Waals surface area contributed by atoms with Crippen molar-refractivity contribution in [2.75, 3.05) is 0 Å². The molecule has 0 atom stereocenters. The monoisotopic (exact) mass is 261 g/mol. The van der Waals surface area contributed by atoms with Crippen LogP contribution in [0, 0.1) is 18.3 Å². The molecule has 0 saturated heterocycles. The molecule has 2 heterocycles. The lowest BCUT2D eigenvalue weighted by Gasteiger charge is -2.01. The summed E-state index contributed by atoms with van der Waals surface area (Å²) in [6.07, 6.45) is 0. The van der Waals surface area contributed by atoms with Gasteiger partial charge in [-0.25, -0.2) is 9.78 Å². The molecule has 0 bridgehead atoms. The minimum atomic E-state index is -1.02. The van der Waals surface area contributed by atoms with Gasteiger partial charge in [0.15, 0.2) is 0 Å². The largest absolute Gasteiger partial charge is 0.477 e. The smallest absolute Gasteiger partial charge is 0.346 e. The van der Waals surface area contributed by atoms with Crippen molar-refractivity contribution in [2.24, 2.45) is 0 Å². The van der Waals surface area contributed by atoms with Crippen LogP contribution in [0.3, 0.4) is 0 Å². The number of nitriles is 1. The van der Waals surface area contributed by atoms with Gasteiger partial charge in [0.2, 0.25) is 0 Å². The van der Waals surface area contributed by atoms with Crippen molar-refractivity contribution in [3.05, 3.63) is 33.8 Å². The van der Waals surface area contributed by atoms with E-state index in [9.17, 15) is 4.79 Å². The Morgan fingerprint density at radius 3 is 2.89 bits per heavy atom. The summed E-state index contributed by atoms with van der Waals surface area (Å²) in [6.45, 7) is 1.71. The standard InChI is InChI=1S/C11H7N3O3S/c1-6-2-7(4-12)14-11(13-6)17-8-3-9(10(15)16)18-5-8/h2-3,5H,1H3,(H,15,16). The van der Waals surface area contributed by atoms with Crippen LogP contribution >= 0.6 is 11.3 Å². The number of hydrogen-bond donors (Lipinski definition) is 1. The minimum absolute atomic E-state index is 0.0290. The highest BCUT2D eigenvalue weighted by atomic mass is 32.1. The molecule has 18 heavy (non-hydrogen) atoms. The first-order valence-electron chi connectivity index (χ1n) is 4.84. The number of hydrogen-bond acceptors (Lipinski definition) is 6. The molecule has 0 fully saturated rings. The average molecular weight is 261 g/mol. The van der Waals surface area contributed by atoms with E-state index < -0.39 is 5.97 Å². The molecule has 0 saturated carbocycles. The van der Waals surface area contributed by atoms with Crippen molar-refractivity contribution in [3.8, 4) is 17.8 Å². The Morgan fingerprint density at radius 2 is 2.28 bits per heavy atom. The molecule has 1 N–H and O–H groups in total. The second-order valence-corrected chi connectivity index (χ2v) is 4.25. The number of aryl methyl sites for hydroxylation is 1. The van der Waals surface area contributed by atoms with Crippen LogP contribution in [0.25, 0.3) is 0 Å². The minimum Gasteiger partial charge on any atom is -0.477 e. The number of aromatic carboxylic acids is 1. The van der Waals surface area contributed by atoms with E-state index in [4.69, 9.17) is 15.1 Å². The second kappa shape index (κ2) is 4.81. The summed E-state index contributed by atoms with van der Waals surface area (Å²) in [5.74, 6) is -0.676. The second-order valence-electron chi connectivity index (χ2n) is 3.34. The number of rotatable bonds is 3. The van der Waals surface area contributed by atoms with Crippen LogP contribution in [0.1, 0.15) is 21.1 Å². The van der Waals surface area contributed by atoms with Gasteiger partial charge in [0, 0.05) is 17.1 Å². The third kappa shape index (κ3) is 2.61. The van der Waals surface area contributed by atoms with Crippen LogP contribution in [-0.2, 0) is 0 Å². The quantitative estimate of drug-likeness (QED) is 0.909. The fourth-order valence-corrected chi connectivity index (χ4v) is 1.88. The van der Waals surface area contributed by atoms with Crippen molar-refractivity contribution in [1.29, 1.82) is 5.26 Å². The Labute approximate surface area is 106 Å². The summed E-state index contributed by atoms with van der Waals surface area (Å²) in [5, 5.41) is 19.1. The van der Waals surface area contributed by atoms with E-state index in [1.165, 1.54) is 12.1 Å². The molecule has 2 aromatic heterocycles. The normalized spacial score (nSPS) is 9.78. The maximum Gasteiger partial charge on any atom is 0.346 e. The molecule has 6 nitrogen and oxygen atoms in total. The van der Waals surface area contributed by atoms with E-state index in [2.05, 4.69) is 9.97 Å². The van der Waals surface area contributed by atoms with E-state index in [1.807, 2.05) is 6.07 Å². The highest BCUT2D eigenvalue weighted by Gasteiger charge is 2.10. The number of thiophene rings is 1. The molecule has 2 rings (SSSR count). The van der Waals surface area contributed by atoms with Crippen LogP contribution < -0.4 is 4.74 Å². The third-order valence-electron chi connectivity index (χ3n) is 1.94. The third-order valence-corrected chi connectivity index (χ3v) is 2.84. The lowest BCUT2D eigenvalue weighted by atomic mass is 10.3. The average Bonchev–Trinajstić information content (AvgIpc) is 2.76. The number of ether oxygens (including phenoxy) is 1. The molecule has 0 aliphatic rings. The van der Waals surface area contributed by atoms with Crippen molar-refractivity contribution >= 4 is 17.3 Å². The molecule has 2 aromatic rings. The SMILES string of the molecule is Cc1cc(C#N)nc(Oc2csc(C(=O)O)c2)n1. The summed E-state index contributed by atoms with van der Waals surface area (Å²) < 4.78 is 5.31. The predicted octanol–water partition coefficient (Wildman–Crippen LogP) is 2.21. The van der Waals surface area contributed by atoms with Gasteiger partial charge in [0.05, 0.1) is 0 Å². The Bertz CT molecular complexity index is 645. The molecule has 0 unspecified atom stereocenters. The predicted molar refractivity (Wildman–Crippen MR) is 62.8 cm³/mol. The zero-order chi connectivity index (χ0) is 13.1. The topological polar surface area (TPSA) is 96.1 Å². The summed E-state index contributed by atoms with van der Waals surface area (Å²) in [7, 11) is 0. The first-order chi connectivity index (χ1) is 8.58.